The summed E-state index contributed by atoms with van der Waals surface area (Å²) >= 11 is 0. The van der Waals surface area contributed by atoms with Crippen molar-refractivity contribution >= 4 is 11.6 Å². The lowest BCUT2D eigenvalue weighted by molar-refractivity contribution is -0.127. The van der Waals surface area contributed by atoms with Gasteiger partial charge < -0.3 is 14.5 Å². The van der Waals surface area contributed by atoms with E-state index in [4.69, 9.17) is 10.00 Å². The molecule has 1 aliphatic heterocycles. The predicted molar refractivity (Wildman–Crippen MR) is 126 cm³/mol. The average molecular weight is 444 g/mol. The van der Waals surface area contributed by atoms with E-state index in [2.05, 4.69) is 6.07 Å². The van der Waals surface area contributed by atoms with Crippen molar-refractivity contribution in [2.24, 2.45) is 0 Å². The van der Waals surface area contributed by atoms with Crippen LogP contribution in [0.5, 0.6) is 5.75 Å². The van der Waals surface area contributed by atoms with Gasteiger partial charge in [-0.2, -0.15) is 5.26 Å². The number of benzene rings is 3. The Labute approximate surface area is 193 Å². The number of halogens is 1. The molecule has 1 fully saturated rings. The molecule has 3 aromatic carbocycles. The second-order valence-electron chi connectivity index (χ2n) is 8.41. The third-order valence-corrected chi connectivity index (χ3v) is 5.70. The second-order valence-corrected chi connectivity index (χ2v) is 8.41. The van der Waals surface area contributed by atoms with E-state index in [1.165, 1.54) is 4.90 Å². The first-order valence-electron chi connectivity index (χ1n) is 11.0. The van der Waals surface area contributed by atoms with E-state index in [9.17, 15) is 4.79 Å². The minimum atomic E-state index is -0.724. The number of carbonyl (C=O) groups is 1. The zero-order chi connectivity index (χ0) is 23.4. The number of nitriles is 1. The fourth-order valence-electron chi connectivity index (χ4n) is 4.17. The van der Waals surface area contributed by atoms with Crippen LogP contribution < -0.4 is 9.64 Å². The maximum atomic E-state index is 15.9. The molecule has 1 unspecified atom stereocenters. The third kappa shape index (κ3) is 4.89. The number of rotatable bonds is 6. The van der Waals surface area contributed by atoms with Gasteiger partial charge in [0.2, 0.25) is 0 Å². The molecule has 0 aromatic heterocycles. The van der Waals surface area contributed by atoms with Crippen LogP contribution in [0.1, 0.15) is 24.0 Å². The van der Waals surface area contributed by atoms with Crippen LogP contribution in [0.3, 0.4) is 0 Å². The Hall–Kier alpha value is -3.69. The van der Waals surface area contributed by atoms with E-state index in [-0.39, 0.29) is 17.4 Å². The monoisotopic (exact) mass is 443 g/mol. The maximum Gasteiger partial charge on any atom is 0.268 e. The number of nitrogens with zero attached hydrogens (tertiary/aromatic N) is 3. The van der Waals surface area contributed by atoms with Crippen molar-refractivity contribution in [1.29, 1.82) is 5.26 Å². The summed E-state index contributed by atoms with van der Waals surface area (Å²) < 4.78 is 21.8. The van der Waals surface area contributed by atoms with Gasteiger partial charge in [-0.15, -0.1) is 0 Å². The van der Waals surface area contributed by atoms with Crippen molar-refractivity contribution < 1.29 is 13.9 Å². The lowest BCUT2D eigenvalue weighted by atomic mass is 9.96. The van der Waals surface area contributed by atoms with E-state index in [0.29, 0.717) is 42.8 Å². The molecule has 168 valence electrons. The normalized spacial score (nSPS) is 16.0. The highest BCUT2D eigenvalue weighted by atomic mass is 19.1. The number of piperidine rings is 1. The van der Waals surface area contributed by atoms with Crippen LogP contribution in [0, 0.1) is 17.1 Å². The highest BCUT2D eigenvalue weighted by Crippen LogP contribution is 2.34. The van der Waals surface area contributed by atoms with Crippen molar-refractivity contribution in [3.05, 3.63) is 83.7 Å². The molecule has 1 atom stereocenters. The molecule has 1 amide bonds. The van der Waals surface area contributed by atoms with Crippen LogP contribution >= 0.6 is 0 Å². The molecule has 0 saturated carbocycles. The maximum absolute atomic E-state index is 15.9. The highest BCUT2D eigenvalue weighted by Gasteiger charge is 2.33. The van der Waals surface area contributed by atoms with Gasteiger partial charge in [0.15, 0.2) is 11.9 Å². The number of hydrogen-bond acceptors (Lipinski definition) is 4. The molecule has 0 N–H and O–H groups in total. The Balaban J connectivity index is 1.66. The van der Waals surface area contributed by atoms with Gasteiger partial charge in [-0.25, -0.2) is 4.39 Å². The summed E-state index contributed by atoms with van der Waals surface area (Å²) in [5, 5.41) is 9.11. The minimum absolute atomic E-state index is 0.272. The Morgan fingerprint density at radius 1 is 1.12 bits per heavy atom. The van der Waals surface area contributed by atoms with Gasteiger partial charge in [-0.3, -0.25) is 4.79 Å². The highest BCUT2D eigenvalue weighted by molar-refractivity contribution is 5.98. The number of amides is 1. The first kappa shape index (κ1) is 22.5. The molecule has 0 spiro atoms. The number of carbonyl (C=O) groups excluding carboxylic acids is 1. The summed E-state index contributed by atoms with van der Waals surface area (Å²) in [6.45, 7) is 0.840. The van der Waals surface area contributed by atoms with Gasteiger partial charge in [-0.1, -0.05) is 42.5 Å². The molecule has 0 bridgehead atoms. The molecule has 3 aromatic rings. The second kappa shape index (κ2) is 9.85. The molecule has 6 heteroatoms. The van der Waals surface area contributed by atoms with Crippen molar-refractivity contribution in [3.63, 3.8) is 0 Å². The summed E-state index contributed by atoms with van der Waals surface area (Å²) in [6, 6.07) is 22.1. The lowest BCUT2D eigenvalue weighted by Crippen LogP contribution is -2.47. The molecular formula is C27H26FN3O2. The first-order chi connectivity index (χ1) is 16.0. The van der Waals surface area contributed by atoms with Crippen LogP contribution in [0.15, 0.2) is 66.7 Å². The van der Waals surface area contributed by atoms with Crippen LogP contribution in [0.2, 0.25) is 0 Å². The topological polar surface area (TPSA) is 56.6 Å². The van der Waals surface area contributed by atoms with Crippen molar-refractivity contribution in [2.45, 2.75) is 25.5 Å². The zero-order valence-electron chi connectivity index (χ0n) is 18.8. The van der Waals surface area contributed by atoms with E-state index in [0.717, 1.165) is 11.1 Å². The van der Waals surface area contributed by atoms with Crippen molar-refractivity contribution in [3.8, 4) is 22.9 Å². The summed E-state index contributed by atoms with van der Waals surface area (Å²) in [5.74, 6) is -0.196. The Bertz CT molecular complexity index is 1190. The van der Waals surface area contributed by atoms with Crippen LogP contribution in [-0.2, 0) is 11.3 Å². The Kier molecular flexibility index (Phi) is 6.71. The fourth-order valence-corrected chi connectivity index (χ4v) is 4.17. The van der Waals surface area contributed by atoms with Gasteiger partial charge >= 0.3 is 0 Å². The Morgan fingerprint density at radius 3 is 2.64 bits per heavy atom. The first-order valence-corrected chi connectivity index (χ1v) is 11.0. The van der Waals surface area contributed by atoms with E-state index >= 15 is 4.39 Å². The molecule has 0 aliphatic carbocycles. The molecule has 4 rings (SSSR count). The van der Waals surface area contributed by atoms with Crippen LogP contribution in [0.4, 0.5) is 10.1 Å². The average Bonchev–Trinajstić information content (AvgIpc) is 2.82. The van der Waals surface area contributed by atoms with Gasteiger partial charge in [0, 0.05) is 18.7 Å². The summed E-state index contributed by atoms with van der Waals surface area (Å²) in [4.78, 5) is 16.7. The third-order valence-electron chi connectivity index (χ3n) is 5.70. The largest absolute Gasteiger partial charge is 0.481 e. The molecular weight excluding hydrogens is 417 g/mol. The van der Waals surface area contributed by atoms with Crippen molar-refractivity contribution in [2.75, 3.05) is 25.5 Å². The van der Waals surface area contributed by atoms with E-state index in [1.807, 2.05) is 55.4 Å². The fraction of sp³-hybridized carbons (Fsp3) is 0.259. The van der Waals surface area contributed by atoms with Crippen LogP contribution in [0.25, 0.3) is 11.1 Å². The van der Waals surface area contributed by atoms with Crippen LogP contribution in [-0.4, -0.2) is 37.6 Å². The van der Waals surface area contributed by atoms with Gasteiger partial charge in [0.05, 0.1) is 17.3 Å². The molecule has 1 saturated heterocycles. The number of hydrogen-bond donors (Lipinski definition) is 0. The van der Waals surface area contributed by atoms with Gasteiger partial charge in [0.1, 0.15) is 5.75 Å². The summed E-state index contributed by atoms with van der Waals surface area (Å²) in [5.41, 5.74) is 3.04. The number of anilines is 1. The summed E-state index contributed by atoms with van der Waals surface area (Å²) in [7, 11) is 3.79. The van der Waals surface area contributed by atoms with E-state index in [1.54, 1.807) is 30.3 Å². The lowest BCUT2D eigenvalue weighted by Gasteiger charge is -2.33. The molecule has 1 heterocycles. The summed E-state index contributed by atoms with van der Waals surface area (Å²) in [6.07, 6.45) is 0.510. The quantitative estimate of drug-likeness (QED) is 0.538. The molecule has 5 nitrogen and oxygen atoms in total. The smallest absolute Gasteiger partial charge is 0.268 e. The van der Waals surface area contributed by atoms with Gasteiger partial charge in [-0.05, 0) is 62.3 Å². The molecule has 33 heavy (non-hydrogen) atoms. The molecule has 0 radical (unpaired) electrons. The molecule has 1 aliphatic rings. The number of ether oxygens (including phenoxy) is 1. The van der Waals surface area contributed by atoms with E-state index < -0.39 is 6.10 Å². The SMILES string of the molecule is CN(C)Cc1c(-c2ccccc2)ccc(N2CCCC(Oc3cccc(C#N)c3)C2=O)c1F. The minimum Gasteiger partial charge on any atom is -0.481 e. The van der Waals surface area contributed by atoms with Gasteiger partial charge in [0.25, 0.3) is 5.91 Å². The predicted octanol–water partition coefficient (Wildman–Crippen LogP) is 5.00. The zero-order valence-corrected chi connectivity index (χ0v) is 18.8. The Morgan fingerprint density at radius 2 is 1.91 bits per heavy atom. The van der Waals surface area contributed by atoms with Crippen molar-refractivity contribution in [1.82, 2.24) is 4.90 Å². The standard InChI is InChI=1S/C27H26FN3O2/c1-30(2)18-23-22(20-9-4-3-5-10-20)13-14-24(26(23)28)31-15-7-12-25(27(31)32)33-21-11-6-8-19(16-21)17-29/h3-6,8-11,13-14,16,25H,7,12,15,18H2,1-2H3.